The van der Waals surface area contributed by atoms with Gasteiger partial charge in [0.15, 0.2) is 6.10 Å². The van der Waals surface area contributed by atoms with Gasteiger partial charge in [0.2, 0.25) is 0 Å². The summed E-state index contributed by atoms with van der Waals surface area (Å²) in [6.45, 7) is 3.64. The lowest BCUT2D eigenvalue weighted by Crippen LogP contribution is -2.30. The van der Waals surface area contributed by atoms with E-state index in [1.807, 2.05) is 31.2 Å². The van der Waals surface area contributed by atoms with Crippen molar-refractivity contribution >= 4 is 33.1 Å². The number of aromatic nitrogens is 1. The summed E-state index contributed by atoms with van der Waals surface area (Å²) in [4.78, 5) is 16.7. The number of amides is 1. The van der Waals surface area contributed by atoms with Crippen molar-refractivity contribution in [2.24, 2.45) is 0 Å². The lowest BCUT2D eigenvalue weighted by atomic mass is 10.2. The molecule has 0 aliphatic rings. The van der Waals surface area contributed by atoms with E-state index in [4.69, 9.17) is 10.00 Å². The standard InChI is InChI=1S/C18H15N3O2S/c1-11(23-15-6-3-13(10-19)4-7-15)18(22)21-14-5-8-16-17(9-14)24-12(2)20-16/h3-9,11H,1-2H3,(H,21,22)/t11-/m0/s1. The van der Waals surface area contributed by atoms with Crippen LogP contribution < -0.4 is 10.1 Å². The van der Waals surface area contributed by atoms with E-state index in [0.717, 1.165) is 15.2 Å². The van der Waals surface area contributed by atoms with Gasteiger partial charge in [-0.3, -0.25) is 4.79 Å². The van der Waals surface area contributed by atoms with E-state index in [2.05, 4.69) is 10.3 Å². The average Bonchev–Trinajstić information content (AvgIpc) is 2.94. The van der Waals surface area contributed by atoms with Crippen LogP contribution in [0.25, 0.3) is 10.2 Å². The first-order valence-corrected chi connectivity index (χ1v) is 8.21. The number of nitrogens with zero attached hydrogens (tertiary/aromatic N) is 2. The number of ether oxygens (including phenoxy) is 1. The molecular weight excluding hydrogens is 322 g/mol. The zero-order chi connectivity index (χ0) is 17.1. The van der Waals surface area contributed by atoms with Crippen LogP contribution in [0.15, 0.2) is 42.5 Å². The Morgan fingerprint density at radius 3 is 2.75 bits per heavy atom. The SMILES string of the molecule is Cc1nc2ccc(NC(=O)[C@H](C)Oc3ccc(C#N)cc3)cc2s1. The maximum absolute atomic E-state index is 12.3. The molecule has 0 aliphatic carbocycles. The second kappa shape index (κ2) is 6.69. The van der Waals surface area contributed by atoms with Crippen molar-refractivity contribution in [1.82, 2.24) is 4.98 Å². The molecule has 0 unspecified atom stereocenters. The number of carbonyl (C=O) groups is 1. The molecule has 0 saturated carbocycles. The third kappa shape index (κ3) is 3.53. The Morgan fingerprint density at radius 2 is 2.04 bits per heavy atom. The van der Waals surface area contributed by atoms with Crippen LogP contribution in [-0.4, -0.2) is 17.0 Å². The number of fused-ring (bicyclic) bond motifs is 1. The normalized spacial score (nSPS) is 11.7. The molecule has 1 heterocycles. The van der Waals surface area contributed by atoms with E-state index in [9.17, 15) is 4.79 Å². The first-order valence-electron chi connectivity index (χ1n) is 7.40. The van der Waals surface area contributed by atoms with Crippen LogP contribution in [0.3, 0.4) is 0 Å². The summed E-state index contributed by atoms with van der Waals surface area (Å²) >= 11 is 1.59. The highest BCUT2D eigenvalue weighted by molar-refractivity contribution is 7.18. The molecule has 1 aromatic heterocycles. The van der Waals surface area contributed by atoms with Crippen molar-refractivity contribution in [2.75, 3.05) is 5.32 Å². The molecule has 0 aliphatic heterocycles. The first kappa shape index (κ1) is 16.0. The minimum Gasteiger partial charge on any atom is -0.481 e. The van der Waals surface area contributed by atoms with E-state index in [-0.39, 0.29) is 5.91 Å². The van der Waals surface area contributed by atoms with Crippen LogP contribution in [-0.2, 0) is 4.79 Å². The van der Waals surface area contributed by atoms with Crippen molar-refractivity contribution in [3.05, 3.63) is 53.0 Å². The largest absolute Gasteiger partial charge is 0.481 e. The van der Waals surface area contributed by atoms with Gasteiger partial charge in [0.05, 0.1) is 26.9 Å². The number of rotatable bonds is 4. The number of aryl methyl sites for hydroxylation is 1. The summed E-state index contributed by atoms with van der Waals surface area (Å²) in [5.41, 5.74) is 2.19. The Morgan fingerprint density at radius 1 is 1.29 bits per heavy atom. The Kier molecular flexibility index (Phi) is 4.45. The Bertz CT molecular complexity index is 926. The van der Waals surface area contributed by atoms with Crippen LogP contribution in [0, 0.1) is 18.3 Å². The third-order valence-corrected chi connectivity index (χ3v) is 4.36. The van der Waals surface area contributed by atoms with Gasteiger partial charge >= 0.3 is 0 Å². The highest BCUT2D eigenvalue weighted by Crippen LogP contribution is 2.25. The van der Waals surface area contributed by atoms with Gasteiger partial charge in [0.25, 0.3) is 5.91 Å². The zero-order valence-corrected chi connectivity index (χ0v) is 14.1. The van der Waals surface area contributed by atoms with Crippen molar-refractivity contribution in [2.45, 2.75) is 20.0 Å². The second-order valence-corrected chi connectivity index (χ2v) is 6.54. The molecular formula is C18H15N3O2S. The average molecular weight is 337 g/mol. The van der Waals surface area contributed by atoms with Crippen LogP contribution in [0.2, 0.25) is 0 Å². The second-order valence-electron chi connectivity index (χ2n) is 5.30. The van der Waals surface area contributed by atoms with Gasteiger partial charge < -0.3 is 10.1 Å². The van der Waals surface area contributed by atoms with Crippen LogP contribution in [0.5, 0.6) is 5.75 Å². The zero-order valence-electron chi connectivity index (χ0n) is 13.2. The number of hydrogen-bond donors (Lipinski definition) is 1. The Balaban J connectivity index is 1.67. The molecule has 120 valence electrons. The highest BCUT2D eigenvalue weighted by Gasteiger charge is 2.15. The molecule has 1 N–H and O–H groups in total. The first-order chi connectivity index (χ1) is 11.5. The molecule has 6 heteroatoms. The van der Waals surface area contributed by atoms with Crippen LogP contribution in [0.1, 0.15) is 17.5 Å². The predicted octanol–water partition coefficient (Wildman–Crippen LogP) is 3.88. The molecule has 0 fully saturated rings. The molecule has 24 heavy (non-hydrogen) atoms. The molecule has 3 rings (SSSR count). The van der Waals surface area contributed by atoms with E-state index in [1.54, 1.807) is 42.5 Å². The van der Waals surface area contributed by atoms with Crippen molar-refractivity contribution in [3.63, 3.8) is 0 Å². The minimum atomic E-state index is -0.656. The summed E-state index contributed by atoms with van der Waals surface area (Å²) in [5.74, 6) is 0.310. The molecule has 0 saturated heterocycles. The molecule has 3 aromatic rings. The lowest BCUT2D eigenvalue weighted by molar-refractivity contribution is -0.122. The molecule has 5 nitrogen and oxygen atoms in total. The number of anilines is 1. The molecule has 1 atom stereocenters. The summed E-state index contributed by atoms with van der Waals surface area (Å²) < 4.78 is 6.64. The fraction of sp³-hybridized carbons (Fsp3) is 0.167. The number of nitrogens with one attached hydrogen (secondary N) is 1. The maximum atomic E-state index is 12.3. The Hall–Kier alpha value is -2.91. The summed E-state index contributed by atoms with van der Waals surface area (Å²) in [6.07, 6.45) is -0.656. The number of thiazole rings is 1. The van der Waals surface area contributed by atoms with Gasteiger partial charge in [-0.2, -0.15) is 5.26 Å². The van der Waals surface area contributed by atoms with Crippen molar-refractivity contribution in [1.29, 1.82) is 5.26 Å². The third-order valence-electron chi connectivity index (χ3n) is 3.43. The summed E-state index contributed by atoms with van der Waals surface area (Å²) in [7, 11) is 0. The monoisotopic (exact) mass is 337 g/mol. The van der Waals surface area contributed by atoms with E-state index >= 15 is 0 Å². The maximum Gasteiger partial charge on any atom is 0.265 e. The van der Waals surface area contributed by atoms with E-state index in [1.165, 1.54) is 0 Å². The van der Waals surface area contributed by atoms with Crippen molar-refractivity contribution < 1.29 is 9.53 Å². The summed E-state index contributed by atoms with van der Waals surface area (Å²) in [5, 5.41) is 12.6. The summed E-state index contributed by atoms with van der Waals surface area (Å²) in [6, 6.07) is 14.3. The van der Waals surface area contributed by atoms with E-state index in [0.29, 0.717) is 17.0 Å². The van der Waals surface area contributed by atoms with Crippen LogP contribution in [0.4, 0.5) is 5.69 Å². The van der Waals surface area contributed by atoms with E-state index < -0.39 is 6.10 Å². The van der Waals surface area contributed by atoms with Gasteiger partial charge in [-0.05, 0) is 56.3 Å². The quantitative estimate of drug-likeness (QED) is 0.784. The number of carbonyl (C=O) groups excluding carboxylic acids is 1. The predicted molar refractivity (Wildman–Crippen MR) is 94.2 cm³/mol. The van der Waals surface area contributed by atoms with Gasteiger partial charge in [-0.25, -0.2) is 4.98 Å². The van der Waals surface area contributed by atoms with Gasteiger partial charge in [0, 0.05) is 5.69 Å². The highest BCUT2D eigenvalue weighted by atomic mass is 32.1. The topological polar surface area (TPSA) is 75.0 Å². The molecule has 0 spiro atoms. The van der Waals surface area contributed by atoms with Crippen LogP contribution >= 0.6 is 11.3 Å². The number of benzene rings is 2. The number of nitriles is 1. The molecule has 0 radical (unpaired) electrons. The van der Waals surface area contributed by atoms with Gasteiger partial charge in [-0.15, -0.1) is 11.3 Å². The van der Waals surface area contributed by atoms with Crippen molar-refractivity contribution in [3.8, 4) is 11.8 Å². The smallest absolute Gasteiger partial charge is 0.265 e. The number of hydrogen-bond acceptors (Lipinski definition) is 5. The lowest BCUT2D eigenvalue weighted by Gasteiger charge is -2.14. The van der Waals surface area contributed by atoms with Gasteiger partial charge in [-0.1, -0.05) is 0 Å². The fourth-order valence-electron chi connectivity index (χ4n) is 2.23. The molecule has 2 aromatic carbocycles. The van der Waals surface area contributed by atoms with Gasteiger partial charge in [0.1, 0.15) is 5.75 Å². The minimum absolute atomic E-state index is 0.236. The fourth-order valence-corrected chi connectivity index (χ4v) is 3.09. The Labute approximate surface area is 143 Å². The molecule has 0 bridgehead atoms. The molecule has 1 amide bonds.